The Kier molecular flexibility index (Phi) is 5.13. The van der Waals surface area contributed by atoms with E-state index in [2.05, 4.69) is 10.3 Å². The van der Waals surface area contributed by atoms with E-state index < -0.39 is 23.5 Å². The van der Waals surface area contributed by atoms with Crippen LogP contribution in [-0.4, -0.2) is 15.5 Å². The molecule has 2 aromatic carbocycles. The Morgan fingerprint density at radius 2 is 1.70 bits per heavy atom. The van der Waals surface area contributed by atoms with Crippen molar-refractivity contribution >= 4 is 18.1 Å². The van der Waals surface area contributed by atoms with Crippen molar-refractivity contribution in [1.82, 2.24) is 14.9 Å². The summed E-state index contributed by atoms with van der Waals surface area (Å²) in [6, 6.07) is 9.95. The highest BCUT2D eigenvalue weighted by Crippen LogP contribution is 2.29. The van der Waals surface area contributed by atoms with Gasteiger partial charge in [-0.1, -0.05) is 12.1 Å². The van der Waals surface area contributed by atoms with Crippen LogP contribution in [0, 0.1) is 10.6 Å². The lowest BCUT2D eigenvalue weighted by atomic mass is 10.1. The van der Waals surface area contributed by atoms with Gasteiger partial charge in [0.15, 0.2) is 4.77 Å². The number of carbonyl (C=O) groups is 1. The van der Waals surface area contributed by atoms with Crippen LogP contribution in [0.25, 0.3) is 5.69 Å². The zero-order valence-electron chi connectivity index (χ0n) is 13.7. The molecular formula is C18H13F4N3OS. The molecule has 0 atom stereocenters. The van der Waals surface area contributed by atoms with Crippen LogP contribution in [0.3, 0.4) is 0 Å². The van der Waals surface area contributed by atoms with Gasteiger partial charge in [-0.2, -0.15) is 13.2 Å². The van der Waals surface area contributed by atoms with Crippen LogP contribution in [-0.2, 0) is 12.7 Å². The molecule has 0 radical (unpaired) electrons. The van der Waals surface area contributed by atoms with Crippen molar-refractivity contribution in [1.29, 1.82) is 0 Å². The van der Waals surface area contributed by atoms with Crippen LogP contribution < -0.4 is 5.32 Å². The Morgan fingerprint density at radius 1 is 1.07 bits per heavy atom. The summed E-state index contributed by atoms with van der Waals surface area (Å²) in [5.41, 5.74) is 0.452. The van der Waals surface area contributed by atoms with E-state index in [9.17, 15) is 22.4 Å². The third kappa shape index (κ3) is 4.25. The summed E-state index contributed by atoms with van der Waals surface area (Å²) in [5, 5.41) is 2.63. The first-order valence-electron chi connectivity index (χ1n) is 7.76. The van der Waals surface area contributed by atoms with Crippen molar-refractivity contribution < 1.29 is 22.4 Å². The molecule has 1 aromatic heterocycles. The number of H-pyrrole nitrogens is 1. The number of alkyl halides is 3. The monoisotopic (exact) mass is 395 g/mol. The van der Waals surface area contributed by atoms with Gasteiger partial charge >= 0.3 is 6.18 Å². The molecule has 9 heteroatoms. The molecule has 2 N–H and O–H groups in total. The van der Waals surface area contributed by atoms with Gasteiger partial charge in [0.05, 0.1) is 5.56 Å². The number of carbonyl (C=O) groups excluding carboxylic acids is 1. The summed E-state index contributed by atoms with van der Waals surface area (Å²) in [5.74, 6) is -0.902. The SMILES string of the molecule is O=C(NCc1ccc(C(F)(F)F)cc1)c1c[nH]c(=S)n1-c1ccc(F)cc1. The van der Waals surface area contributed by atoms with Crippen molar-refractivity contribution in [3.05, 3.63) is 82.1 Å². The van der Waals surface area contributed by atoms with Gasteiger partial charge in [-0.3, -0.25) is 9.36 Å². The van der Waals surface area contributed by atoms with Gasteiger partial charge in [-0.25, -0.2) is 4.39 Å². The lowest BCUT2D eigenvalue weighted by Gasteiger charge is -2.10. The van der Waals surface area contributed by atoms with Crippen LogP contribution in [0.5, 0.6) is 0 Å². The van der Waals surface area contributed by atoms with E-state index in [-0.39, 0.29) is 17.0 Å². The molecule has 0 saturated heterocycles. The first-order valence-corrected chi connectivity index (χ1v) is 8.17. The molecule has 4 nitrogen and oxygen atoms in total. The Morgan fingerprint density at radius 3 is 2.30 bits per heavy atom. The van der Waals surface area contributed by atoms with Crippen molar-refractivity contribution in [2.24, 2.45) is 0 Å². The number of imidazole rings is 1. The van der Waals surface area contributed by atoms with Gasteiger partial charge < -0.3 is 10.3 Å². The summed E-state index contributed by atoms with van der Waals surface area (Å²) >= 11 is 5.16. The predicted octanol–water partition coefficient (Wildman–Crippen LogP) is 4.62. The maximum Gasteiger partial charge on any atom is 0.416 e. The van der Waals surface area contributed by atoms with Gasteiger partial charge in [-0.05, 0) is 54.2 Å². The topological polar surface area (TPSA) is 49.8 Å². The third-order valence-electron chi connectivity index (χ3n) is 3.83. The number of benzene rings is 2. The first kappa shape index (κ1) is 18.8. The number of nitrogens with one attached hydrogen (secondary N) is 2. The first-order chi connectivity index (χ1) is 12.8. The molecule has 0 spiro atoms. The van der Waals surface area contributed by atoms with Crippen LogP contribution in [0.1, 0.15) is 21.6 Å². The Bertz CT molecular complexity index is 1000. The van der Waals surface area contributed by atoms with Crippen molar-refractivity contribution in [3.63, 3.8) is 0 Å². The quantitative estimate of drug-likeness (QED) is 0.500. The molecule has 1 amide bonds. The summed E-state index contributed by atoms with van der Waals surface area (Å²) in [6.07, 6.45) is -3.00. The van der Waals surface area contributed by atoms with Gasteiger partial charge in [0.1, 0.15) is 11.5 Å². The minimum Gasteiger partial charge on any atom is -0.347 e. The van der Waals surface area contributed by atoms with Crippen LogP contribution in [0.2, 0.25) is 0 Å². The summed E-state index contributed by atoms with van der Waals surface area (Å²) in [6.45, 7) is 0.0400. The Labute approximate surface area is 156 Å². The highest BCUT2D eigenvalue weighted by Gasteiger charge is 2.29. The van der Waals surface area contributed by atoms with Crippen molar-refractivity contribution in [2.45, 2.75) is 12.7 Å². The summed E-state index contributed by atoms with van der Waals surface area (Å²) in [7, 11) is 0. The fourth-order valence-electron chi connectivity index (χ4n) is 2.47. The molecule has 0 unspecified atom stereocenters. The lowest BCUT2D eigenvalue weighted by Crippen LogP contribution is -2.25. The van der Waals surface area contributed by atoms with E-state index in [4.69, 9.17) is 12.2 Å². The fraction of sp³-hybridized carbons (Fsp3) is 0.111. The number of aromatic nitrogens is 2. The molecule has 1 heterocycles. The van der Waals surface area contributed by atoms with E-state index in [1.54, 1.807) is 0 Å². The van der Waals surface area contributed by atoms with Gasteiger partial charge in [0.2, 0.25) is 0 Å². The minimum atomic E-state index is -4.41. The van der Waals surface area contributed by atoms with Gasteiger partial charge in [0, 0.05) is 18.4 Å². The molecule has 0 aliphatic carbocycles. The fourth-order valence-corrected chi connectivity index (χ4v) is 2.73. The van der Waals surface area contributed by atoms with Crippen molar-refractivity contribution in [2.75, 3.05) is 0 Å². The molecule has 140 valence electrons. The molecule has 3 rings (SSSR count). The average Bonchev–Trinajstić information content (AvgIpc) is 3.01. The maximum atomic E-state index is 13.1. The highest BCUT2D eigenvalue weighted by atomic mass is 32.1. The lowest BCUT2D eigenvalue weighted by molar-refractivity contribution is -0.137. The van der Waals surface area contributed by atoms with E-state index in [0.717, 1.165) is 12.1 Å². The van der Waals surface area contributed by atoms with Crippen LogP contribution >= 0.6 is 12.2 Å². The maximum absolute atomic E-state index is 13.1. The second kappa shape index (κ2) is 7.36. The predicted molar refractivity (Wildman–Crippen MR) is 93.5 cm³/mol. The Hall–Kier alpha value is -2.94. The van der Waals surface area contributed by atoms with E-state index in [0.29, 0.717) is 11.3 Å². The van der Waals surface area contributed by atoms with Gasteiger partial charge in [-0.15, -0.1) is 0 Å². The van der Waals surface area contributed by atoms with Crippen LogP contribution in [0.15, 0.2) is 54.7 Å². The standard InChI is InChI=1S/C18H13F4N3OS/c19-13-5-7-14(8-6-13)25-15(10-24-17(25)27)16(26)23-9-11-1-3-12(4-2-11)18(20,21)22/h1-8,10H,9H2,(H,23,26)(H,24,27). The second-order valence-corrected chi connectivity index (χ2v) is 6.05. The Balaban J connectivity index is 1.76. The number of amides is 1. The number of nitrogens with zero attached hydrogens (tertiary/aromatic N) is 1. The molecule has 3 aromatic rings. The molecular weight excluding hydrogens is 382 g/mol. The number of hydrogen-bond acceptors (Lipinski definition) is 2. The van der Waals surface area contributed by atoms with Gasteiger partial charge in [0.25, 0.3) is 5.91 Å². The highest BCUT2D eigenvalue weighted by molar-refractivity contribution is 7.71. The molecule has 0 bridgehead atoms. The molecule has 0 saturated carbocycles. The second-order valence-electron chi connectivity index (χ2n) is 5.67. The zero-order valence-corrected chi connectivity index (χ0v) is 14.5. The van der Waals surface area contributed by atoms with E-state index in [1.165, 1.54) is 47.2 Å². The average molecular weight is 395 g/mol. The molecule has 0 aliphatic rings. The normalized spacial score (nSPS) is 11.4. The number of aromatic amines is 1. The molecule has 0 aliphatic heterocycles. The molecule has 0 fully saturated rings. The summed E-state index contributed by atoms with van der Waals surface area (Å²) < 4.78 is 52.5. The zero-order chi connectivity index (χ0) is 19.6. The van der Waals surface area contributed by atoms with E-state index >= 15 is 0 Å². The number of rotatable bonds is 4. The van der Waals surface area contributed by atoms with Crippen molar-refractivity contribution in [3.8, 4) is 5.69 Å². The largest absolute Gasteiger partial charge is 0.416 e. The third-order valence-corrected chi connectivity index (χ3v) is 4.13. The number of halogens is 4. The minimum absolute atomic E-state index is 0.0400. The van der Waals surface area contributed by atoms with Crippen LogP contribution in [0.4, 0.5) is 17.6 Å². The molecule has 27 heavy (non-hydrogen) atoms. The summed E-state index contributed by atoms with van der Waals surface area (Å²) in [4.78, 5) is 15.2. The number of hydrogen-bond donors (Lipinski definition) is 2. The van der Waals surface area contributed by atoms with E-state index in [1.807, 2.05) is 0 Å². The smallest absolute Gasteiger partial charge is 0.347 e.